The summed E-state index contributed by atoms with van der Waals surface area (Å²) in [6.45, 7) is 2.60. The van der Waals surface area contributed by atoms with Crippen LogP contribution in [0.15, 0.2) is 53.7 Å². The Morgan fingerprint density at radius 2 is 1.88 bits per heavy atom. The van der Waals surface area contributed by atoms with Crippen molar-refractivity contribution >= 4 is 23.4 Å². The quantitative estimate of drug-likeness (QED) is 0.411. The van der Waals surface area contributed by atoms with Gasteiger partial charge >= 0.3 is 0 Å². The molecule has 5 nitrogen and oxygen atoms in total. The van der Waals surface area contributed by atoms with Gasteiger partial charge in [-0.2, -0.15) is 0 Å². The minimum atomic E-state index is 0.544. The van der Waals surface area contributed by atoms with Gasteiger partial charge in [-0.1, -0.05) is 53.2 Å². The van der Waals surface area contributed by atoms with Gasteiger partial charge in [-0.3, -0.25) is 0 Å². The molecule has 0 aliphatic heterocycles. The third kappa shape index (κ3) is 3.83. The van der Waals surface area contributed by atoms with Crippen LogP contribution in [0.3, 0.4) is 0 Å². The zero-order valence-electron chi connectivity index (χ0n) is 13.1. The van der Waals surface area contributed by atoms with Gasteiger partial charge in [0.25, 0.3) is 0 Å². The summed E-state index contributed by atoms with van der Waals surface area (Å²) in [6.07, 6.45) is 0. The Hall–Kier alpha value is -2.18. The Balaban J connectivity index is 1.59. The number of hydrogen-bond donors (Lipinski definition) is 1. The second kappa shape index (κ2) is 7.59. The summed E-state index contributed by atoms with van der Waals surface area (Å²) in [7, 11) is 0. The topological polar surface area (TPSA) is 66.0 Å². The minimum Gasteiger partial charge on any atom is -0.493 e. The Bertz CT molecular complexity index is 820. The molecular weight excluding hydrogens is 344 g/mol. The molecule has 0 atom stereocenters. The predicted octanol–water partition coefficient (Wildman–Crippen LogP) is 3.79. The predicted molar refractivity (Wildman–Crippen MR) is 98.0 cm³/mol. The van der Waals surface area contributed by atoms with Crippen LogP contribution in [0.2, 0.25) is 5.02 Å². The molecule has 0 saturated heterocycles. The van der Waals surface area contributed by atoms with E-state index in [1.807, 2.05) is 49.4 Å². The Kier molecular flexibility index (Phi) is 5.27. The van der Waals surface area contributed by atoms with E-state index >= 15 is 0 Å². The van der Waals surface area contributed by atoms with Crippen molar-refractivity contribution in [1.82, 2.24) is 14.9 Å². The fraction of sp³-hybridized carbons (Fsp3) is 0.176. The van der Waals surface area contributed by atoms with Crippen LogP contribution in [0.1, 0.15) is 5.56 Å². The van der Waals surface area contributed by atoms with Gasteiger partial charge in [0.2, 0.25) is 5.16 Å². The van der Waals surface area contributed by atoms with Gasteiger partial charge in [0.15, 0.2) is 5.82 Å². The summed E-state index contributed by atoms with van der Waals surface area (Å²) < 4.78 is 7.15. The van der Waals surface area contributed by atoms with E-state index in [9.17, 15) is 0 Å². The standard InChI is InChI=1S/C17H17ClN4OS/c1-12-6-8-13(9-7-12)23-10-11-24-17-21-20-16(22(17)19)14-4-2-3-5-15(14)18/h2-9H,10-11,19H2,1H3. The summed E-state index contributed by atoms with van der Waals surface area (Å²) in [4.78, 5) is 0. The molecule has 0 spiro atoms. The van der Waals surface area contributed by atoms with Crippen LogP contribution in [0.4, 0.5) is 0 Å². The van der Waals surface area contributed by atoms with Gasteiger partial charge < -0.3 is 10.6 Å². The molecule has 0 aliphatic carbocycles. The van der Waals surface area contributed by atoms with Crippen molar-refractivity contribution in [2.75, 3.05) is 18.2 Å². The van der Waals surface area contributed by atoms with Crippen LogP contribution in [0.25, 0.3) is 11.4 Å². The largest absolute Gasteiger partial charge is 0.493 e. The van der Waals surface area contributed by atoms with Crippen LogP contribution in [0, 0.1) is 6.92 Å². The Morgan fingerprint density at radius 3 is 2.62 bits per heavy atom. The first-order valence-electron chi connectivity index (χ1n) is 7.43. The van der Waals surface area contributed by atoms with Gasteiger partial charge in [-0.15, -0.1) is 10.2 Å². The van der Waals surface area contributed by atoms with E-state index in [4.69, 9.17) is 22.2 Å². The maximum atomic E-state index is 6.18. The molecule has 3 aromatic rings. The van der Waals surface area contributed by atoms with E-state index in [2.05, 4.69) is 10.2 Å². The zero-order valence-corrected chi connectivity index (χ0v) is 14.7. The lowest BCUT2D eigenvalue weighted by atomic mass is 10.2. The number of benzene rings is 2. The maximum absolute atomic E-state index is 6.18. The fourth-order valence-electron chi connectivity index (χ4n) is 2.13. The fourth-order valence-corrected chi connectivity index (χ4v) is 3.02. The summed E-state index contributed by atoms with van der Waals surface area (Å²) in [5, 5.41) is 9.48. The maximum Gasteiger partial charge on any atom is 0.210 e. The highest BCUT2D eigenvalue weighted by molar-refractivity contribution is 7.99. The highest BCUT2D eigenvalue weighted by Gasteiger charge is 2.14. The molecule has 0 unspecified atom stereocenters. The smallest absolute Gasteiger partial charge is 0.210 e. The van der Waals surface area contributed by atoms with Gasteiger partial charge in [0.05, 0.1) is 11.6 Å². The number of nitrogens with two attached hydrogens (primary N) is 1. The van der Waals surface area contributed by atoms with E-state index in [0.717, 1.165) is 11.3 Å². The van der Waals surface area contributed by atoms with Crippen molar-refractivity contribution < 1.29 is 4.74 Å². The van der Waals surface area contributed by atoms with Gasteiger partial charge in [0, 0.05) is 11.3 Å². The van der Waals surface area contributed by atoms with Gasteiger partial charge in [-0.25, -0.2) is 4.68 Å². The van der Waals surface area contributed by atoms with Crippen molar-refractivity contribution in [3.05, 3.63) is 59.1 Å². The van der Waals surface area contributed by atoms with Crippen LogP contribution < -0.4 is 10.6 Å². The molecule has 0 aliphatic rings. The van der Waals surface area contributed by atoms with E-state index in [1.54, 1.807) is 6.07 Å². The number of thioether (sulfide) groups is 1. The lowest BCUT2D eigenvalue weighted by Crippen LogP contribution is -2.12. The van der Waals surface area contributed by atoms with Crippen molar-refractivity contribution in [3.63, 3.8) is 0 Å². The first-order valence-corrected chi connectivity index (χ1v) is 8.79. The Morgan fingerprint density at radius 1 is 1.12 bits per heavy atom. The van der Waals surface area contributed by atoms with Crippen LogP contribution >= 0.6 is 23.4 Å². The third-order valence-electron chi connectivity index (χ3n) is 3.38. The average Bonchev–Trinajstić information content (AvgIpc) is 2.94. The molecule has 0 saturated carbocycles. The van der Waals surface area contributed by atoms with Crippen LogP contribution in [-0.4, -0.2) is 27.2 Å². The molecule has 0 fully saturated rings. The highest BCUT2D eigenvalue weighted by Crippen LogP contribution is 2.27. The number of hydrogen-bond acceptors (Lipinski definition) is 5. The number of nitrogens with zero attached hydrogens (tertiary/aromatic N) is 3. The highest BCUT2D eigenvalue weighted by atomic mass is 35.5. The minimum absolute atomic E-state index is 0.544. The number of nitrogen functional groups attached to an aromatic ring is 1. The molecule has 2 N–H and O–H groups in total. The number of halogens is 1. The second-order valence-corrected chi connectivity index (χ2v) is 6.64. The SMILES string of the molecule is Cc1ccc(OCCSc2nnc(-c3ccccc3Cl)n2N)cc1. The van der Waals surface area contributed by atoms with E-state index in [1.165, 1.54) is 22.0 Å². The molecule has 1 aromatic heterocycles. The summed E-state index contributed by atoms with van der Waals surface area (Å²) in [6, 6.07) is 15.4. The molecule has 124 valence electrons. The van der Waals surface area contributed by atoms with Crippen molar-refractivity contribution in [1.29, 1.82) is 0 Å². The normalized spacial score (nSPS) is 10.8. The average molecular weight is 361 g/mol. The molecule has 0 radical (unpaired) electrons. The van der Waals surface area contributed by atoms with Crippen LogP contribution in [-0.2, 0) is 0 Å². The summed E-state index contributed by atoms with van der Waals surface area (Å²) in [5.41, 5.74) is 1.97. The zero-order chi connectivity index (χ0) is 16.9. The number of ether oxygens (including phenoxy) is 1. The molecular formula is C17H17ClN4OS. The van der Waals surface area contributed by atoms with Gasteiger partial charge in [0.1, 0.15) is 5.75 Å². The van der Waals surface area contributed by atoms with Crippen molar-refractivity contribution in [2.45, 2.75) is 12.1 Å². The summed E-state index contributed by atoms with van der Waals surface area (Å²) >= 11 is 7.67. The van der Waals surface area contributed by atoms with E-state index < -0.39 is 0 Å². The first-order chi connectivity index (χ1) is 11.6. The van der Waals surface area contributed by atoms with Crippen molar-refractivity contribution in [2.24, 2.45) is 0 Å². The molecule has 0 bridgehead atoms. The number of aromatic nitrogens is 3. The Labute approximate surface area is 149 Å². The lowest BCUT2D eigenvalue weighted by Gasteiger charge is -2.07. The molecule has 24 heavy (non-hydrogen) atoms. The van der Waals surface area contributed by atoms with Crippen molar-refractivity contribution in [3.8, 4) is 17.1 Å². The molecule has 1 heterocycles. The van der Waals surface area contributed by atoms with Crippen LogP contribution in [0.5, 0.6) is 5.75 Å². The molecule has 0 amide bonds. The number of rotatable bonds is 6. The van der Waals surface area contributed by atoms with E-state index in [-0.39, 0.29) is 0 Å². The number of aryl methyl sites for hydroxylation is 1. The molecule has 3 rings (SSSR count). The second-order valence-electron chi connectivity index (χ2n) is 5.17. The lowest BCUT2D eigenvalue weighted by molar-refractivity contribution is 0.344. The van der Waals surface area contributed by atoms with E-state index in [0.29, 0.717) is 28.4 Å². The summed E-state index contributed by atoms with van der Waals surface area (Å²) in [5.74, 6) is 8.20. The monoisotopic (exact) mass is 360 g/mol. The third-order valence-corrected chi connectivity index (χ3v) is 4.62. The molecule has 7 heteroatoms. The van der Waals surface area contributed by atoms with Gasteiger partial charge in [-0.05, 0) is 31.2 Å². The first kappa shape index (κ1) is 16.7. The molecule has 2 aromatic carbocycles.